The Morgan fingerprint density at radius 2 is 2.19 bits per heavy atom. The van der Waals surface area contributed by atoms with E-state index in [1.54, 1.807) is 6.92 Å². The van der Waals surface area contributed by atoms with E-state index in [-0.39, 0.29) is 16.5 Å². The molecule has 21 heavy (non-hydrogen) atoms. The van der Waals surface area contributed by atoms with Gasteiger partial charge in [-0.05, 0) is 37.5 Å². The topological polar surface area (TPSA) is 92.7 Å². The van der Waals surface area contributed by atoms with Gasteiger partial charge in [-0.25, -0.2) is 17.9 Å². The van der Waals surface area contributed by atoms with Gasteiger partial charge in [0, 0.05) is 17.1 Å². The average Bonchev–Trinajstić information content (AvgIpc) is 2.41. The molecule has 0 amide bonds. The number of ether oxygens (including phenoxy) is 1. The standard InChI is InChI=1S/C13H16BrNO5S/c1-8-11(13(16)17)5-10(6-12(8)14)21(18,19)15-9-3-2-4-20-7-9/h5-6,9,15H,2-4,7H2,1H3,(H,16,17). The SMILES string of the molecule is Cc1c(Br)cc(S(=O)(=O)NC2CCCOC2)cc1C(=O)O. The third kappa shape index (κ3) is 3.82. The van der Waals surface area contributed by atoms with Crippen LogP contribution in [-0.4, -0.2) is 38.7 Å². The molecule has 1 atom stereocenters. The zero-order valence-corrected chi connectivity index (χ0v) is 13.8. The average molecular weight is 378 g/mol. The number of carbonyl (C=O) groups is 1. The Morgan fingerprint density at radius 1 is 1.48 bits per heavy atom. The summed E-state index contributed by atoms with van der Waals surface area (Å²) in [5, 5.41) is 9.15. The van der Waals surface area contributed by atoms with Crippen LogP contribution in [0, 0.1) is 6.92 Å². The molecule has 8 heteroatoms. The van der Waals surface area contributed by atoms with Crippen LogP contribution in [0.5, 0.6) is 0 Å². The summed E-state index contributed by atoms with van der Waals surface area (Å²) in [6.45, 7) is 2.59. The zero-order chi connectivity index (χ0) is 15.6. The minimum absolute atomic E-state index is 0.0374. The van der Waals surface area contributed by atoms with Gasteiger partial charge in [-0.1, -0.05) is 15.9 Å². The van der Waals surface area contributed by atoms with Crippen LogP contribution >= 0.6 is 15.9 Å². The highest BCUT2D eigenvalue weighted by Crippen LogP contribution is 2.25. The number of sulfonamides is 1. The van der Waals surface area contributed by atoms with Crippen LogP contribution in [0.2, 0.25) is 0 Å². The first kappa shape index (κ1) is 16.4. The van der Waals surface area contributed by atoms with Gasteiger partial charge in [0.2, 0.25) is 10.0 Å². The highest BCUT2D eigenvalue weighted by atomic mass is 79.9. The smallest absolute Gasteiger partial charge is 0.336 e. The van der Waals surface area contributed by atoms with Crippen molar-refractivity contribution in [2.75, 3.05) is 13.2 Å². The number of hydrogen-bond acceptors (Lipinski definition) is 4. The molecule has 0 bridgehead atoms. The molecular formula is C13H16BrNO5S. The highest BCUT2D eigenvalue weighted by molar-refractivity contribution is 9.10. The second kappa shape index (κ2) is 6.43. The molecule has 1 aromatic carbocycles. The molecule has 0 aromatic heterocycles. The van der Waals surface area contributed by atoms with Crippen LogP contribution in [0.3, 0.4) is 0 Å². The number of benzene rings is 1. The molecule has 2 N–H and O–H groups in total. The van der Waals surface area contributed by atoms with E-state index in [0.717, 1.165) is 6.42 Å². The Hall–Kier alpha value is -0.960. The molecule has 0 saturated carbocycles. The van der Waals surface area contributed by atoms with Gasteiger partial charge in [0.15, 0.2) is 0 Å². The number of hydrogen-bond donors (Lipinski definition) is 2. The van der Waals surface area contributed by atoms with Crippen molar-refractivity contribution >= 4 is 31.9 Å². The summed E-state index contributed by atoms with van der Waals surface area (Å²) in [5.74, 6) is -1.16. The maximum atomic E-state index is 12.4. The molecule has 0 radical (unpaired) electrons. The van der Waals surface area contributed by atoms with Crippen molar-refractivity contribution in [1.29, 1.82) is 0 Å². The molecule has 0 spiro atoms. The first-order valence-corrected chi connectivity index (χ1v) is 8.72. The van der Waals surface area contributed by atoms with E-state index in [1.165, 1.54) is 12.1 Å². The van der Waals surface area contributed by atoms with Crippen LogP contribution in [0.25, 0.3) is 0 Å². The summed E-state index contributed by atoms with van der Waals surface area (Å²) in [5.41, 5.74) is 0.451. The van der Waals surface area contributed by atoms with E-state index in [0.29, 0.717) is 29.7 Å². The fourth-order valence-corrected chi connectivity index (χ4v) is 4.07. The van der Waals surface area contributed by atoms with Gasteiger partial charge >= 0.3 is 5.97 Å². The predicted octanol–water partition coefficient (Wildman–Crippen LogP) is 1.91. The number of nitrogens with one attached hydrogen (secondary N) is 1. The summed E-state index contributed by atoms with van der Waals surface area (Å²) in [4.78, 5) is 11.1. The van der Waals surface area contributed by atoms with Gasteiger partial charge < -0.3 is 9.84 Å². The van der Waals surface area contributed by atoms with E-state index in [9.17, 15) is 13.2 Å². The van der Waals surface area contributed by atoms with E-state index in [1.807, 2.05) is 0 Å². The monoisotopic (exact) mass is 377 g/mol. The van der Waals surface area contributed by atoms with Gasteiger partial charge in [0.1, 0.15) is 0 Å². The summed E-state index contributed by atoms with van der Waals surface area (Å²) in [6.07, 6.45) is 1.50. The van der Waals surface area contributed by atoms with Crippen LogP contribution in [0.1, 0.15) is 28.8 Å². The van der Waals surface area contributed by atoms with Gasteiger partial charge in [-0.2, -0.15) is 0 Å². The Balaban J connectivity index is 2.33. The quantitative estimate of drug-likeness (QED) is 0.835. The summed E-state index contributed by atoms with van der Waals surface area (Å²) in [6, 6.07) is 2.31. The minimum Gasteiger partial charge on any atom is -0.478 e. The lowest BCUT2D eigenvalue weighted by Crippen LogP contribution is -2.40. The lowest BCUT2D eigenvalue weighted by Gasteiger charge is -2.23. The summed E-state index contributed by atoms with van der Waals surface area (Å²) in [7, 11) is -3.78. The zero-order valence-electron chi connectivity index (χ0n) is 11.4. The molecular weight excluding hydrogens is 362 g/mol. The second-order valence-corrected chi connectivity index (χ2v) is 7.49. The maximum absolute atomic E-state index is 12.4. The van der Waals surface area contributed by atoms with Gasteiger partial charge in [-0.15, -0.1) is 0 Å². The van der Waals surface area contributed by atoms with Crippen LogP contribution in [0.4, 0.5) is 0 Å². The van der Waals surface area contributed by atoms with Crippen molar-refractivity contribution in [3.63, 3.8) is 0 Å². The fraction of sp³-hybridized carbons (Fsp3) is 0.462. The van der Waals surface area contributed by atoms with Crippen LogP contribution in [-0.2, 0) is 14.8 Å². The normalized spacial score (nSPS) is 19.4. The van der Waals surface area contributed by atoms with Gasteiger partial charge in [0.25, 0.3) is 0 Å². The van der Waals surface area contributed by atoms with E-state index in [2.05, 4.69) is 20.7 Å². The van der Waals surface area contributed by atoms with Crippen molar-refractivity contribution < 1.29 is 23.1 Å². The fourth-order valence-electron chi connectivity index (χ4n) is 2.15. The number of rotatable bonds is 4. The van der Waals surface area contributed by atoms with Gasteiger partial charge in [0.05, 0.1) is 17.1 Å². The van der Waals surface area contributed by atoms with Crippen molar-refractivity contribution in [2.45, 2.75) is 30.7 Å². The number of aromatic carboxylic acids is 1. The molecule has 1 unspecified atom stereocenters. The molecule has 1 saturated heterocycles. The van der Waals surface area contributed by atoms with Gasteiger partial charge in [-0.3, -0.25) is 0 Å². The lowest BCUT2D eigenvalue weighted by atomic mass is 10.1. The molecule has 1 aromatic rings. The van der Waals surface area contributed by atoms with Crippen molar-refractivity contribution in [3.8, 4) is 0 Å². The van der Waals surface area contributed by atoms with Crippen LogP contribution in [0.15, 0.2) is 21.5 Å². The Bertz CT molecular complexity index is 653. The largest absolute Gasteiger partial charge is 0.478 e. The number of carboxylic acids is 1. The minimum atomic E-state index is -3.78. The maximum Gasteiger partial charge on any atom is 0.336 e. The molecule has 1 aliphatic heterocycles. The third-order valence-corrected chi connectivity index (χ3v) is 5.66. The first-order chi connectivity index (χ1) is 9.81. The van der Waals surface area contributed by atoms with E-state index >= 15 is 0 Å². The van der Waals surface area contributed by atoms with Crippen LogP contribution < -0.4 is 4.72 Å². The third-order valence-electron chi connectivity index (χ3n) is 3.34. The first-order valence-electron chi connectivity index (χ1n) is 6.45. The Kier molecular flexibility index (Phi) is 5.03. The van der Waals surface area contributed by atoms with Crippen molar-refractivity contribution in [1.82, 2.24) is 4.72 Å². The van der Waals surface area contributed by atoms with Crippen molar-refractivity contribution in [3.05, 3.63) is 27.7 Å². The highest BCUT2D eigenvalue weighted by Gasteiger charge is 2.24. The summed E-state index contributed by atoms with van der Waals surface area (Å²) >= 11 is 3.20. The number of halogens is 1. The molecule has 1 fully saturated rings. The molecule has 0 aliphatic carbocycles. The molecule has 2 rings (SSSR count). The molecule has 116 valence electrons. The summed E-state index contributed by atoms with van der Waals surface area (Å²) < 4.78 is 33.0. The molecule has 1 heterocycles. The lowest BCUT2D eigenvalue weighted by molar-refractivity contribution is 0.0695. The van der Waals surface area contributed by atoms with Crippen molar-refractivity contribution in [2.24, 2.45) is 0 Å². The second-order valence-electron chi connectivity index (χ2n) is 4.92. The van der Waals surface area contributed by atoms with E-state index in [4.69, 9.17) is 9.84 Å². The molecule has 1 aliphatic rings. The Labute approximate surface area is 131 Å². The Morgan fingerprint density at radius 3 is 2.76 bits per heavy atom. The van der Waals surface area contributed by atoms with E-state index < -0.39 is 16.0 Å². The predicted molar refractivity (Wildman–Crippen MR) is 80.0 cm³/mol. The number of carboxylic acid groups (broad SMARTS) is 1. The molecule has 6 nitrogen and oxygen atoms in total.